The van der Waals surface area contributed by atoms with Crippen LogP contribution in [0.15, 0.2) is 60.7 Å². The Bertz CT molecular complexity index is 868. The summed E-state index contributed by atoms with van der Waals surface area (Å²) in [5, 5.41) is 6.02. The number of hydrogen-bond donors (Lipinski definition) is 2. The van der Waals surface area contributed by atoms with Gasteiger partial charge in [0.15, 0.2) is 0 Å². The molecule has 0 radical (unpaired) electrons. The summed E-state index contributed by atoms with van der Waals surface area (Å²) in [7, 11) is 0. The Morgan fingerprint density at radius 3 is 2.28 bits per heavy atom. The summed E-state index contributed by atoms with van der Waals surface area (Å²) in [6.07, 6.45) is 1.68. The van der Waals surface area contributed by atoms with Crippen LogP contribution in [0, 0.1) is 5.92 Å². The van der Waals surface area contributed by atoms with E-state index in [0.29, 0.717) is 19.6 Å². The average Bonchev–Trinajstić information content (AvgIpc) is 2.85. The molecule has 0 spiro atoms. The maximum Gasteiger partial charge on any atom is 0.321 e. The molecule has 0 bridgehead atoms. The number of benzene rings is 2. The largest absolute Gasteiger partial charge is 0.369 e. The van der Waals surface area contributed by atoms with Crippen molar-refractivity contribution in [3.63, 3.8) is 0 Å². The fourth-order valence-electron chi connectivity index (χ4n) is 4.45. The number of piperidine rings is 1. The van der Waals surface area contributed by atoms with Gasteiger partial charge in [0, 0.05) is 63.7 Å². The highest BCUT2D eigenvalue weighted by Crippen LogP contribution is 2.18. The quantitative estimate of drug-likeness (QED) is 0.732. The van der Waals surface area contributed by atoms with Crippen LogP contribution < -0.4 is 15.5 Å². The number of piperazine rings is 1. The number of rotatable bonds is 6. The lowest BCUT2D eigenvalue weighted by Gasteiger charge is -2.36. The number of nitrogens with zero attached hydrogens (tertiary/aromatic N) is 3. The molecule has 0 aliphatic carbocycles. The number of urea groups is 1. The van der Waals surface area contributed by atoms with Crippen LogP contribution in [-0.4, -0.2) is 74.1 Å². The normalized spacial score (nSPS) is 19.4. The molecular formula is C25H33N5O2. The molecule has 2 aromatic carbocycles. The van der Waals surface area contributed by atoms with Gasteiger partial charge in [0.25, 0.3) is 0 Å². The number of para-hydroxylation sites is 2. The lowest BCUT2D eigenvalue weighted by atomic mass is 9.97. The Morgan fingerprint density at radius 1 is 0.875 bits per heavy atom. The van der Waals surface area contributed by atoms with Gasteiger partial charge in [-0.25, -0.2) is 4.79 Å². The van der Waals surface area contributed by atoms with Crippen LogP contribution in [0.3, 0.4) is 0 Å². The van der Waals surface area contributed by atoms with Crippen molar-refractivity contribution in [2.75, 3.05) is 62.6 Å². The monoisotopic (exact) mass is 435 g/mol. The summed E-state index contributed by atoms with van der Waals surface area (Å²) in [5.41, 5.74) is 2.05. The molecule has 1 unspecified atom stereocenters. The molecule has 170 valence electrons. The molecule has 2 fully saturated rings. The van der Waals surface area contributed by atoms with Gasteiger partial charge in [-0.3, -0.25) is 9.69 Å². The molecule has 7 nitrogen and oxygen atoms in total. The fraction of sp³-hybridized carbons (Fsp3) is 0.440. The van der Waals surface area contributed by atoms with E-state index in [2.05, 4.69) is 44.7 Å². The van der Waals surface area contributed by atoms with Crippen LogP contribution in [0.1, 0.15) is 12.8 Å². The molecular weight excluding hydrogens is 402 g/mol. The van der Waals surface area contributed by atoms with E-state index in [0.717, 1.165) is 51.3 Å². The molecule has 2 aromatic rings. The smallest absolute Gasteiger partial charge is 0.321 e. The zero-order valence-corrected chi connectivity index (χ0v) is 18.6. The molecule has 2 saturated heterocycles. The lowest BCUT2D eigenvalue weighted by molar-refractivity contribution is -0.126. The average molecular weight is 436 g/mol. The SMILES string of the molecule is O=C(NCCN1CCN(c2ccccc2)CC1)C1CCCN(C(=O)Nc2ccccc2)C1. The van der Waals surface area contributed by atoms with Crippen molar-refractivity contribution < 1.29 is 9.59 Å². The number of anilines is 2. The second-order valence-corrected chi connectivity index (χ2v) is 8.54. The Balaban J connectivity index is 1.16. The van der Waals surface area contributed by atoms with Crippen molar-refractivity contribution >= 4 is 23.3 Å². The minimum atomic E-state index is -0.139. The van der Waals surface area contributed by atoms with E-state index in [-0.39, 0.29) is 17.9 Å². The minimum Gasteiger partial charge on any atom is -0.369 e. The first-order chi connectivity index (χ1) is 15.7. The van der Waals surface area contributed by atoms with Crippen LogP contribution in [-0.2, 0) is 4.79 Å². The molecule has 0 saturated carbocycles. The standard InChI is InChI=1S/C25H33N5O2/c31-24(21-8-7-14-30(20-21)25(32)27-22-9-3-1-4-10-22)26-13-15-28-16-18-29(19-17-28)23-11-5-2-6-12-23/h1-6,9-12,21H,7-8,13-20H2,(H,26,31)(H,27,32). The third kappa shape index (κ3) is 6.01. The van der Waals surface area contributed by atoms with E-state index in [1.165, 1.54) is 5.69 Å². The van der Waals surface area contributed by atoms with Gasteiger partial charge in [-0.05, 0) is 37.1 Å². The first-order valence-corrected chi connectivity index (χ1v) is 11.6. The van der Waals surface area contributed by atoms with Crippen LogP contribution >= 0.6 is 0 Å². The highest BCUT2D eigenvalue weighted by molar-refractivity contribution is 5.90. The van der Waals surface area contributed by atoms with Gasteiger partial charge in [-0.2, -0.15) is 0 Å². The van der Waals surface area contributed by atoms with Gasteiger partial charge in [0.05, 0.1) is 5.92 Å². The first kappa shape index (κ1) is 22.1. The van der Waals surface area contributed by atoms with E-state index in [1.54, 1.807) is 4.90 Å². The summed E-state index contributed by atoms with van der Waals surface area (Å²) in [6.45, 7) is 6.69. The van der Waals surface area contributed by atoms with Crippen molar-refractivity contribution in [2.24, 2.45) is 5.92 Å². The molecule has 2 N–H and O–H groups in total. The summed E-state index contributed by atoms with van der Waals surface area (Å²) < 4.78 is 0. The fourth-order valence-corrected chi connectivity index (χ4v) is 4.45. The van der Waals surface area contributed by atoms with Crippen LogP contribution in [0.2, 0.25) is 0 Å². The van der Waals surface area contributed by atoms with Crippen LogP contribution in [0.25, 0.3) is 0 Å². The van der Waals surface area contributed by atoms with Gasteiger partial charge in [-0.1, -0.05) is 36.4 Å². The minimum absolute atomic E-state index is 0.0603. The van der Waals surface area contributed by atoms with E-state index < -0.39 is 0 Å². The molecule has 7 heteroatoms. The van der Waals surface area contributed by atoms with Gasteiger partial charge in [-0.15, -0.1) is 0 Å². The maximum atomic E-state index is 12.7. The van der Waals surface area contributed by atoms with E-state index in [4.69, 9.17) is 0 Å². The van der Waals surface area contributed by atoms with E-state index in [9.17, 15) is 9.59 Å². The summed E-state index contributed by atoms with van der Waals surface area (Å²) in [6, 6.07) is 19.8. The van der Waals surface area contributed by atoms with Gasteiger partial charge in [0.1, 0.15) is 0 Å². The predicted octanol–water partition coefficient (Wildman–Crippen LogP) is 2.87. The number of nitrogens with one attached hydrogen (secondary N) is 2. The molecule has 3 amide bonds. The van der Waals surface area contributed by atoms with E-state index >= 15 is 0 Å². The Labute approximate surface area is 190 Å². The highest BCUT2D eigenvalue weighted by atomic mass is 16.2. The van der Waals surface area contributed by atoms with Crippen molar-refractivity contribution in [1.82, 2.24) is 15.1 Å². The molecule has 2 aliphatic heterocycles. The predicted molar refractivity (Wildman–Crippen MR) is 128 cm³/mol. The van der Waals surface area contributed by atoms with Crippen molar-refractivity contribution in [3.05, 3.63) is 60.7 Å². The molecule has 32 heavy (non-hydrogen) atoms. The summed E-state index contributed by atoms with van der Waals surface area (Å²) >= 11 is 0. The van der Waals surface area contributed by atoms with Gasteiger partial charge >= 0.3 is 6.03 Å². The molecule has 4 rings (SSSR count). The Kier molecular flexibility index (Phi) is 7.61. The Morgan fingerprint density at radius 2 is 1.56 bits per heavy atom. The van der Waals surface area contributed by atoms with Gasteiger partial charge < -0.3 is 20.4 Å². The molecule has 1 atom stereocenters. The van der Waals surface area contributed by atoms with Crippen molar-refractivity contribution in [3.8, 4) is 0 Å². The first-order valence-electron chi connectivity index (χ1n) is 11.6. The summed E-state index contributed by atoms with van der Waals surface area (Å²) in [4.78, 5) is 31.8. The highest BCUT2D eigenvalue weighted by Gasteiger charge is 2.28. The zero-order valence-electron chi connectivity index (χ0n) is 18.6. The number of carbonyl (C=O) groups is 2. The van der Waals surface area contributed by atoms with Crippen LogP contribution in [0.5, 0.6) is 0 Å². The molecule has 2 heterocycles. The molecule has 0 aromatic heterocycles. The topological polar surface area (TPSA) is 67.9 Å². The van der Waals surface area contributed by atoms with Gasteiger partial charge in [0.2, 0.25) is 5.91 Å². The van der Waals surface area contributed by atoms with Crippen molar-refractivity contribution in [2.45, 2.75) is 12.8 Å². The lowest BCUT2D eigenvalue weighted by Crippen LogP contribution is -2.50. The van der Waals surface area contributed by atoms with Crippen molar-refractivity contribution in [1.29, 1.82) is 0 Å². The van der Waals surface area contributed by atoms with Crippen LogP contribution in [0.4, 0.5) is 16.2 Å². The Hall–Kier alpha value is -3.06. The molecule has 2 aliphatic rings. The second-order valence-electron chi connectivity index (χ2n) is 8.54. The maximum absolute atomic E-state index is 12.7. The number of carbonyl (C=O) groups excluding carboxylic acids is 2. The van der Waals surface area contributed by atoms with E-state index in [1.807, 2.05) is 36.4 Å². The second kappa shape index (κ2) is 11.0. The summed E-state index contributed by atoms with van der Waals surface area (Å²) in [5.74, 6) is -0.0784. The number of hydrogen-bond acceptors (Lipinski definition) is 4. The number of amides is 3. The third-order valence-electron chi connectivity index (χ3n) is 6.33. The third-order valence-corrected chi connectivity index (χ3v) is 6.33. The zero-order chi connectivity index (χ0) is 22.2. The number of likely N-dealkylation sites (tertiary alicyclic amines) is 1.